The van der Waals surface area contributed by atoms with Crippen molar-refractivity contribution in [3.63, 3.8) is 0 Å². The van der Waals surface area contributed by atoms with Gasteiger partial charge in [0.15, 0.2) is 0 Å². The summed E-state index contributed by atoms with van der Waals surface area (Å²) in [6, 6.07) is 12.5. The van der Waals surface area contributed by atoms with Crippen LogP contribution in [0.1, 0.15) is 31.1 Å². The second kappa shape index (κ2) is 6.89. The monoisotopic (exact) mass is 366 g/mol. The minimum atomic E-state index is 0.315. The number of amidine groups is 1. The first-order chi connectivity index (χ1) is 12.5. The summed E-state index contributed by atoms with van der Waals surface area (Å²) in [7, 11) is 2.25. The van der Waals surface area contributed by atoms with Crippen LogP contribution in [0.3, 0.4) is 0 Å². The number of fused-ring (bicyclic) bond motifs is 1. The molecule has 1 atom stereocenters. The Morgan fingerprint density at radius 1 is 1.31 bits per heavy atom. The van der Waals surface area contributed by atoms with Gasteiger partial charge in [0, 0.05) is 18.3 Å². The minimum absolute atomic E-state index is 0.315. The molecule has 0 bridgehead atoms. The molecule has 0 aliphatic carbocycles. The third-order valence-electron chi connectivity index (χ3n) is 5.80. The summed E-state index contributed by atoms with van der Waals surface area (Å²) in [6.45, 7) is 4.63. The largest absolute Gasteiger partial charge is 0.383 e. The molecule has 0 radical (unpaired) electrons. The zero-order valence-electron chi connectivity index (χ0n) is 15.5. The summed E-state index contributed by atoms with van der Waals surface area (Å²) in [5.41, 5.74) is 8.61. The van der Waals surface area contributed by atoms with Crippen molar-refractivity contribution >= 4 is 33.8 Å². The van der Waals surface area contributed by atoms with Gasteiger partial charge >= 0.3 is 0 Å². The quantitative estimate of drug-likeness (QED) is 0.529. The predicted molar refractivity (Wildman–Crippen MR) is 112 cm³/mol. The maximum atomic E-state index is 6.15. The number of aromatic nitrogens is 1. The van der Waals surface area contributed by atoms with Crippen molar-refractivity contribution in [2.45, 2.75) is 38.3 Å². The molecule has 0 amide bonds. The van der Waals surface area contributed by atoms with Crippen LogP contribution in [0, 0.1) is 0 Å². The Labute approximate surface area is 159 Å². The van der Waals surface area contributed by atoms with Crippen LogP contribution in [0.25, 0.3) is 10.9 Å². The van der Waals surface area contributed by atoms with Crippen LogP contribution in [0.2, 0.25) is 0 Å². The molecule has 4 rings (SSSR count). The zero-order valence-corrected chi connectivity index (χ0v) is 16.3. The highest BCUT2D eigenvalue weighted by molar-refractivity contribution is 7.12. The third kappa shape index (κ3) is 3.29. The maximum Gasteiger partial charge on any atom is 0.141 e. The molecule has 136 valence electrons. The molecule has 1 unspecified atom stereocenters. The SMILES string of the molecule is CN1CCCC1(C)CCn1ccc2ccc(N=C(N)c3cccs3)cc21. The molecular formula is C21H26N4S. The Bertz CT molecular complexity index is 925. The Morgan fingerprint density at radius 2 is 2.19 bits per heavy atom. The lowest BCUT2D eigenvalue weighted by Gasteiger charge is -2.32. The lowest BCUT2D eigenvalue weighted by Crippen LogP contribution is -2.38. The van der Waals surface area contributed by atoms with Crippen molar-refractivity contribution in [3.8, 4) is 0 Å². The highest BCUT2D eigenvalue weighted by Crippen LogP contribution is 2.32. The predicted octanol–water partition coefficient (Wildman–Crippen LogP) is 4.61. The highest BCUT2D eigenvalue weighted by Gasteiger charge is 2.33. The summed E-state index contributed by atoms with van der Waals surface area (Å²) in [4.78, 5) is 8.14. The van der Waals surface area contributed by atoms with Gasteiger partial charge in [-0.1, -0.05) is 12.1 Å². The molecule has 1 aromatic carbocycles. The number of hydrogen-bond acceptors (Lipinski definition) is 3. The number of likely N-dealkylation sites (tertiary alicyclic amines) is 1. The Kier molecular flexibility index (Phi) is 4.59. The topological polar surface area (TPSA) is 46.5 Å². The summed E-state index contributed by atoms with van der Waals surface area (Å²) < 4.78 is 2.35. The first kappa shape index (κ1) is 17.3. The van der Waals surface area contributed by atoms with E-state index in [9.17, 15) is 0 Å². The molecule has 1 aliphatic heterocycles. The number of aliphatic imine (C=N–C) groups is 1. The van der Waals surface area contributed by atoms with Crippen molar-refractivity contribution in [3.05, 3.63) is 52.9 Å². The molecule has 2 N–H and O–H groups in total. The second-order valence-electron chi connectivity index (χ2n) is 7.50. The van der Waals surface area contributed by atoms with E-state index in [0.717, 1.165) is 23.5 Å². The van der Waals surface area contributed by atoms with Gasteiger partial charge in [0.1, 0.15) is 5.84 Å². The van der Waals surface area contributed by atoms with E-state index in [1.807, 2.05) is 23.6 Å². The minimum Gasteiger partial charge on any atom is -0.383 e. The fourth-order valence-electron chi connectivity index (χ4n) is 3.89. The molecule has 1 saturated heterocycles. The molecule has 3 heterocycles. The van der Waals surface area contributed by atoms with Crippen molar-refractivity contribution in [1.82, 2.24) is 9.47 Å². The van der Waals surface area contributed by atoms with Crippen molar-refractivity contribution < 1.29 is 0 Å². The molecule has 26 heavy (non-hydrogen) atoms. The molecule has 1 aliphatic rings. The van der Waals surface area contributed by atoms with E-state index >= 15 is 0 Å². The first-order valence-electron chi connectivity index (χ1n) is 9.23. The average molecular weight is 367 g/mol. The number of nitrogens with two attached hydrogens (primary N) is 1. The highest BCUT2D eigenvalue weighted by atomic mass is 32.1. The van der Waals surface area contributed by atoms with Crippen LogP contribution >= 0.6 is 11.3 Å². The lowest BCUT2D eigenvalue weighted by molar-refractivity contribution is 0.175. The van der Waals surface area contributed by atoms with E-state index in [1.54, 1.807) is 11.3 Å². The van der Waals surface area contributed by atoms with E-state index in [4.69, 9.17) is 5.73 Å². The van der Waals surface area contributed by atoms with Crippen LogP contribution in [-0.4, -0.2) is 34.4 Å². The lowest BCUT2D eigenvalue weighted by atomic mass is 9.95. The van der Waals surface area contributed by atoms with Gasteiger partial charge in [-0.05, 0) is 74.8 Å². The maximum absolute atomic E-state index is 6.15. The fourth-order valence-corrected chi connectivity index (χ4v) is 4.52. The number of aryl methyl sites for hydroxylation is 1. The summed E-state index contributed by atoms with van der Waals surface area (Å²) >= 11 is 1.62. The molecule has 5 heteroatoms. The number of thiophene rings is 1. The van der Waals surface area contributed by atoms with Gasteiger partial charge in [-0.15, -0.1) is 11.3 Å². The standard InChI is InChI=1S/C21H26N4S/c1-21(9-4-11-24(21)2)10-13-25-12-8-16-6-7-17(15-18(16)25)23-20(22)19-5-3-14-26-19/h3,5-8,12,14-15H,4,9-11,13H2,1-2H3,(H2,22,23). The molecule has 2 aromatic heterocycles. The van der Waals surface area contributed by atoms with Crippen molar-refractivity contribution in [2.75, 3.05) is 13.6 Å². The molecule has 0 spiro atoms. The second-order valence-corrected chi connectivity index (χ2v) is 8.45. The van der Waals surface area contributed by atoms with E-state index in [0.29, 0.717) is 11.4 Å². The van der Waals surface area contributed by atoms with Gasteiger partial charge in [0.05, 0.1) is 16.1 Å². The van der Waals surface area contributed by atoms with E-state index in [-0.39, 0.29) is 0 Å². The molecule has 4 nitrogen and oxygen atoms in total. The summed E-state index contributed by atoms with van der Waals surface area (Å²) in [6.07, 6.45) is 5.95. The van der Waals surface area contributed by atoms with Crippen LogP contribution in [-0.2, 0) is 6.54 Å². The molecule has 0 saturated carbocycles. The summed E-state index contributed by atoms with van der Waals surface area (Å²) in [5, 5.41) is 3.27. The molecular weight excluding hydrogens is 340 g/mol. The van der Waals surface area contributed by atoms with Gasteiger partial charge in [-0.25, -0.2) is 4.99 Å². The van der Waals surface area contributed by atoms with Crippen LogP contribution in [0.5, 0.6) is 0 Å². The Balaban J connectivity index is 1.58. The first-order valence-corrected chi connectivity index (χ1v) is 10.1. The van der Waals surface area contributed by atoms with Crippen molar-refractivity contribution in [1.29, 1.82) is 0 Å². The van der Waals surface area contributed by atoms with Gasteiger partial charge in [0.25, 0.3) is 0 Å². The number of rotatable bonds is 5. The third-order valence-corrected chi connectivity index (χ3v) is 6.69. The van der Waals surface area contributed by atoms with Crippen LogP contribution in [0.4, 0.5) is 5.69 Å². The smallest absolute Gasteiger partial charge is 0.141 e. The number of benzene rings is 1. The van der Waals surface area contributed by atoms with Crippen molar-refractivity contribution in [2.24, 2.45) is 10.7 Å². The van der Waals surface area contributed by atoms with E-state index in [2.05, 4.69) is 52.8 Å². The average Bonchev–Trinajstić information content (AvgIpc) is 3.35. The normalized spacial score (nSPS) is 21.7. The number of hydrogen-bond donors (Lipinski definition) is 1. The van der Waals surface area contributed by atoms with Gasteiger partial charge in [0.2, 0.25) is 0 Å². The molecule has 1 fully saturated rings. The van der Waals surface area contributed by atoms with Gasteiger partial charge in [-0.3, -0.25) is 0 Å². The van der Waals surface area contributed by atoms with Crippen LogP contribution in [0.15, 0.2) is 53.0 Å². The molecule has 3 aromatic rings. The van der Waals surface area contributed by atoms with Crippen LogP contribution < -0.4 is 5.73 Å². The number of nitrogens with zero attached hydrogens (tertiary/aromatic N) is 3. The zero-order chi connectivity index (χ0) is 18.1. The Morgan fingerprint density at radius 3 is 2.92 bits per heavy atom. The fraction of sp³-hybridized carbons (Fsp3) is 0.381. The van der Waals surface area contributed by atoms with E-state index in [1.165, 1.54) is 30.3 Å². The summed E-state index contributed by atoms with van der Waals surface area (Å²) in [5.74, 6) is 0.581. The van der Waals surface area contributed by atoms with E-state index < -0.39 is 0 Å². The Hall–Kier alpha value is -2.11. The van der Waals surface area contributed by atoms with Gasteiger partial charge < -0.3 is 15.2 Å². The van der Waals surface area contributed by atoms with Gasteiger partial charge in [-0.2, -0.15) is 0 Å².